The van der Waals surface area contributed by atoms with Crippen LogP contribution in [0.15, 0.2) is 23.1 Å². The van der Waals surface area contributed by atoms with Crippen LogP contribution in [0.3, 0.4) is 0 Å². The number of non-ortho nitro benzene ring substituents is 1. The standard InChI is InChI=1S/C15H20N2O4S/c1-10-6-14(17(18)19)4-5-15(10)22(20,21)16-9-13-8-11-2-3-12(13)7-11/h4-6,11-13,16H,2-3,7-9H2,1H3/t11-,12-,13-/m1/s1. The molecule has 0 saturated heterocycles. The average Bonchev–Trinajstić information content (AvgIpc) is 3.07. The molecule has 2 aliphatic carbocycles. The van der Waals surface area contributed by atoms with E-state index in [0.717, 1.165) is 12.3 Å². The van der Waals surface area contributed by atoms with Gasteiger partial charge in [0, 0.05) is 18.7 Å². The zero-order chi connectivity index (χ0) is 15.9. The lowest BCUT2D eigenvalue weighted by molar-refractivity contribution is -0.385. The molecule has 6 nitrogen and oxygen atoms in total. The number of hydrogen-bond acceptors (Lipinski definition) is 4. The van der Waals surface area contributed by atoms with Crippen LogP contribution in [0.2, 0.25) is 0 Å². The van der Waals surface area contributed by atoms with Crippen molar-refractivity contribution >= 4 is 15.7 Å². The molecule has 0 unspecified atom stereocenters. The van der Waals surface area contributed by atoms with Gasteiger partial charge in [-0.15, -0.1) is 0 Å². The van der Waals surface area contributed by atoms with Crippen LogP contribution < -0.4 is 4.72 Å². The topological polar surface area (TPSA) is 89.3 Å². The third kappa shape index (κ3) is 2.87. The van der Waals surface area contributed by atoms with Crippen molar-refractivity contribution in [3.63, 3.8) is 0 Å². The second-order valence-electron chi connectivity index (χ2n) is 6.49. The van der Waals surface area contributed by atoms with Crippen molar-refractivity contribution in [2.45, 2.75) is 37.5 Å². The van der Waals surface area contributed by atoms with Gasteiger partial charge in [-0.25, -0.2) is 13.1 Å². The molecule has 2 fully saturated rings. The molecule has 1 aromatic rings. The summed E-state index contributed by atoms with van der Waals surface area (Å²) in [6.45, 7) is 2.05. The minimum atomic E-state index is -3.61. The van der Waals surface area contributed by atoms with E-state index in [0.29, 0.717) is 23.9 Å². The molecule has 120 valence electrons. The monoisotopic (exact) mass is 324 g/mol. The summed E-state index contributed by atoms with van der Waals surface area (Å²) in [5.41, 5.74) is 0.305. The summed E-state index contributed by atoms with van der Waals surface area (Å²) in [4.78, 5) is 10.3. The normalized spacial score (nSPS) is 27.2. The number of fused-ring (bicyclic) bond motifs is 2. The van der Waals surface area contributed by atoms with Gasteiger partial charge in [0.1, 0.15) is 0 Å². The highest BCUT2D eigenvalue weighted by atomic mass is 32.2. The van der Waals surface area contributed by atoms with E-state index in [1.165, 1.54) is 37.5 Å². The Labute approximate surface area is 130 Å². The van der Waals surface area contributed by atoms with E-state index in [-0.39, 0.29) is 10.6 Å². The highest BCUT2D eigenvalue weighted by molar-refractivity contribution is 7.89. The fourth-order valence-electron chi connectivity index (χ4n) is 3.97. The Kier molecular flexibility index (Phi) is 3.94. The van der Waals surface area contributed by atoms with Crippen molar-refractivity contribution in [1.82, 2.24) is 4.72 Å². The van der Waals surface area contributed by atoms with Crippen LogP contribution in [-0.4, -0.2) is 19.9 Å². The first kappa shape index (κ1) is 15.4. The Balaban J connectivity index is 1.71. The highest BCUT2D eigenvalue weighted by Crippen LogP contribution is 2.48. The van der Waals surface area contributed by atoms with Gasteiger partial charge in [-0.3, -0.25) is 10.1 Å². The number of nitro benzene ring substituents is 1. The molecule has 0 spiro atoms. The van der Waals surface area contributed by atoms with Gasteiger partial charge in [0.25, 0.3) is 5.69 Å². The number of nitrogens with zero attached hydrogens (tertiary/aromatic N) is 1. The van der Waals surface area contributed by atoms with Gasteiger partial charge in [-0.05, 0) is 55.6 Å². The van der Waals surface area contributed by atoms with Gasteiger partial charge >= 0.3 is 0 Å². The molecule has 22 heavy (non-hydrogen) atoms. The van der Waals surface area contributed by atoms with Crippen LogP contribution >= 0.6 is 0 Å². The smallest absolute Gasteiger partial charge is 0.258 e. The molecule has 3 rings (SSSR count). The van der Waals surface area contributed by atoms with Crippen molar-refractivity contribution in [2.75, 3.05) is 6.54 Å². The number of rotatable bonds is 5. The lowest BCUT2D eigenvalue weighted by atomic mass is 9.89. The molecule has 0 aromatic heterocycles. The first-order valence-corrected chi connectivity index (χ1v) is 9.10. The molecule has 2 saturated carbocycles. The van der Waals surface area contributed by atoms with E-state index < -0.39 is 14.9 Å². The minimum Gasteiger partial charge on any atom is -0.258 e. The maximum Gasteiger partial charge on any atom is 0.269 e. The maximum absolute atomic E-state index is 12.4. The lowest BCUT2D eigenvalue weighted by Crippen LogP contribution is -2.32. The van der Waals surface area contributed by atoms with Crippen LogP contribution in [-0.2, 0) is 10.0 Å². The molecular formula is C15H20N2O4S. The van der Waals surface area contributed by atoms with Crippen molar-refractivity contribution in [3.05, 3.63) is 33.9 Å². The number of nitro groups is 1. The Bertz CT molecular complexity index is 701. The van der Waals surface area contributed by atoms with Crippen LogP contribution in [0.5, 0.6) is 0 Å². The summed E-state index contributed by atoms with van der Waals surface area (Å²) in [5.74, 6) is 1.87. The van der Waals surface area contributed by atoms with Crippen molar-refractivity contribution in [1.29, 1.82) is 0 Å². The Morgan fingerprint density at radius 3 is 2.64 bits per heavy atom. The van der Waals surface area contributed by atoms with E-state index in [9.17, 15) is 18.5 Å². The zero-order valence-corrected chi connectivity index (χ0v) is 13.3. The van der Waals surface area contributed by atoms with E-state index >= 15 is 0 Å². The molecule has 2 aliphatic rings. The molecule has 0 radical (unpaired) electrons. The molecule has 2 bridgehead atoms. The first-order valence-electron chi connectivity index (χ1n) is 7.61. The predicted molar refractivity (Wildman–Crippen MR) is 82.0 cm³/mol. The largest absolute Gasteiger partial charge is 0.269 e. The second-order valence-corrected chi connectivity index (χ2v) is 8.23. The number of benzene rings is 1. The SMILES string of the molecule is Cc1cc([N+](=O)[O-])ccc1S(=O)(=O)NC[C@H]1C[C@@H]2CC[C@@H]1C2. The van der Waals surface area contributed by atoms with Gasteiger partial charge in [0.2, 0.25) is 10.0 Å². The maximum atomic E-state index is 12.4. The third-order valence-corrected chi connectivity index (χ3v) is 6.66. The molecule has 7 heteroatoms. The van der Waals surface area contributed by atoms with Crippen molar-refractivity contribution < 1.29 is 13.3 Å². The van der Waals surface area contributed by atoms with E-state index in [4.69, 9.17) is 0 Å². The van der Waals surface area contributed by atoms with Crippen LogP contribution in [0, 0.1) is 34.8 Å². The van der Waals surface area contributed by atoms with Crippen molar-refractivity contribution in [2.24, 2.45) is 17.8 Å². The molecule has 0 amide bonds. The number of sulfonamides is 1. The van der Waals surface area contributed by atoms with E-state index in [1.807, 2.05) is 0 Å². The summed E-state index contributed by atoms with van der Waals surface area (Å²) in [7, 11) is -3.61. The number of aryl methyl sites for hydroxylation is 1. The molecule has 1 N–H and O–H groups in total. The minimum absolute atomic E-state index is 0.0930. The Hall–Kier alpha value is -1.47. The fourth-order valence-corrected chi connectivity index (χ4v) is 5.29. The third-order valence-electron chi connectivity index (χ3n) is 5.08. The van der Waals surface area contributed by atoms with Gasteiger partial charge in [-0.2, -0.15) is 0 Å². The highest BCUT2D eigenvalue weighted by Gasteiger charge is 2.39. The average molecular weight is 324 g/mol. The molecule has 0 aliphatic heterocycles. The molecule has 0 heterocycles. The summed E-state index contributed by atoms with van der Waals surface area (Å²) in [6, 6.07) is 3.85. The predicted octanol–water partition coefficient (Wildman–Crippen LogP) is 2.62. The van der Waals surface area contributed by atoms with Gasteiger partial charge in [-0.1, -0.05) is 6.42 Å². The summed E-state index contributed by atoms with van der Waals surface area (Å²) in [6.07, 6.45) is 4.86. The summed E-state index contributed by atoms with van der Waals surface area (Å²) >= 11 is 0. The van der Waals surface area contributed by atoms with Gasteiger partial charge in [0.15, 0.2) is 0 Å². The van der Waals surface area contributed by atoms with E-state index in [2.05, 4.69) is 4.72 Å². The first-order chi connectivity index (χ1) is 10.4. The van der Waals surface area contributed by atoms with E-state index in [1.54, 1.807) is 6.92 Å². The zero-order valence-electron chi connectivity index (χ0n) is 12.5. The quantitative estimate of drug-likeness (QED) is 0.666. The lowest BCUT2D eigenvalue weighted by Gasteiger charge is -2.22. The van der Waals surface area contributed by atoms with Crippen LogP contribution in [0.25, 0.3) is 0 Å². The summed E-state index contributed by atoms with van der Waals surface area (Å²) in [5, 5.41) is 10.7. The summed E-state index contributed by atoms with van der Waals surface area (Å²) < 4.78 is 27.5. The van der Waals surface area contributed by atoms with Crippen LogP contribution in [0.4, 0.5) is 5.69 Å². The molecular weight excluding hydrogens is 304 g/mol. The molecule has 1 aromatic carbocycles. The number of nitrogens with one attached hydrogen (secondary N) is 1. The number of hydrogen-bond donors (Lipinski definition) is 1. The van der Waals surface area contributed by atoms with Crippen molar-refractivity contribution in [3.8, 4) is 0 Å². The second kappa shape index (κ2) is 5.62. The Morgan fingerprint density at radius 1 is 1.32 bits per heavy atom. The van der Waals surface area contributed by atoms with Gasteiger partial charge in [0.05, 0.1) is 9.82 Å². The molecule has 3 atom stereocenters. The Morgan fingerprint density at radius 2 is 2.09 bits per heavy atom. The van der Waals surface area contributed by atoms with Crippen LogP contribution in [0.1, 0.15) is 31.2 Å². The fraction of sp³-hybridized carbons (Fsp3) is 0.600. The van der Waals surface area contributed by atoms with Gasteiger partial charge < -0.3 is 0 Å².